The van der Waals surface area contributed by atoms with Gasteiger partial charge in [-0.05, 0) is 26.7 Å². The summed E-state index contributed by atoms with van der Waals surface area (Å²) in [5, 5.41) is 10.1. The number of nitrogens with one attached hydrogen (secondary N) is 2. The Morgan fingerprint density at radius 1 is 1.58 bits per heavy atom. The summed E-state index contributed by atoms with van der Waals surface area (Å²) >= 11 is 0. The number of hydrogen-bond acceptors (Lipinski definition) is 3. The average Bonchev–Trinajstić information content (AvgIpc) is 2.96. The van der Waals surface area contributed by atoms with Crippen LogP contribution in [-0.4, -0.2) is 47.9 Å². The van der Waals surface area contributed by atoms with Gasteiger partial charge < -0.3 is 15.0 Å². The molecule has 1 aliphatic rings. The summed E-state index contributed by atoms with van der Waals surface area (Å²) in [6.07, 6.45) is 2.03. The average molecular weight is 266 g/mol. The Morgan fingerprint density at radius 2 is 2.37 bits per heavy atom. The lowest BCUT2D eigenvalue weighted by atomic mass is 10.0. The highest BCUT2D eigenvalue weighted by Gasteiger charge is 2.32. The molecule has 0 bridgehead atoms. The highest BCUT2D eigenvalue weighted by molar-refractivity contribution is 5.75. The molecule has 6 heteroatoms. The first-order chi connectivity index (χ1) is 9.15. The summed E-state index contributed by atoms with van der Waals surface area (Å²) in [6, 6.07) is 0.126. The molecule has 0 aliphatic carbocycles. The Labute approximate surface area is 113 Å². The van der Waals surface area contributed by atoms with Crippen LogP contribution in [0.1, 0.15) is 35.8 Å². The molecule has 2 heterocycles. The molecular formula is C13H22N4O2. The van der Waals surface area contributed by atoms with Gasteiger partial charge >= 0.3 is 6.03 Å². The number of H-pyrrole nitrogens is 1. The van der Waals surface area contributed by atoms with Crippen LogP contribution < -0.4 is 5.32 Å². The number of carbonyl (C=O) groups excluding carboxylic acids is 1. The van der Waals surface area contributed by atoms with Crippen LogP contribution in [0.5, 0.6) is 0 Å². The Kier molecular flexibility index (Phi) is 4.42. The number of methoxy groups -OCH3 is 1. The Morgan fingerprint density at radius 3 is 3.00 bits per heavy atom. The van der Waals surface area contributed by atoms with E-state index in [1.165, 1.54) is 5.56 Å². The SMILES string of the molecule is COCCNC(=O)N1CCC[C@H]1c1c(C)n[nH]c1C. The molecule has 1 aromatic heterocycles. The molecule has 1 fully saturated rings. The lowest BCUT2D eigenvalue weighted by Crippen LogP contribution is -2.40. The van der Waals surface area contributed by atoms with Gasteiger partial charge in [-0.2, -0.15) is 5.10 Å². The van der Waals surface area contributed by atoms with Gasteiger partial charge in [0.25, 0.3) is 0 Å². The maximum absolute atomic E-state index is 12.2. The van der Waals surface area contributed by atoms with Crippen LogP contribution in [0.2, 0.25) is 0 Å². The summed E-state index contributed by atoms with van der Waals surface area (Å²) in [4.78, 5) is 14.1. The number of aromatic nitrogens is 2. The van der Waals surface area contributed by atoms with E-state index in [2.05, 4.69) is 15.5 Å². The smallest absolute Gasteiger partial charge is 0.317 e. The van der Waals surface area contributed by atoms with Crippen molar-refractivity contribution in [3.05, 3.63) is 17.0 Å². The third kappa shape index (κ3) is 2.89. The number of nitrogens with zero attached hydrogens (tertiary/aromatic N) is 2. The van der Waals surface area contributed by atoms with Gasteiger partial charge in [0, 0.05) is 31.5 Å². The molecule has 19 heavy (non-hydrogen) atoms. The summed E-state index contributed by atoms with van der Waals surface area (Å²) in [7, 11) is 1.63. The highest BCUT2D eigenvalue weighted by atomic mass is 16.5. The predicted octanol–water partition coefficient (Wildman–Crippen LogP) is 1.52. The zero-order chi connectivity index (χ0) is 13.8. The van der Waals surface area contributed by atoms with E-state index in [-0.39, 0.29) is 12.1 Å². The number of aryl methyl sites for hydroxylation is 2. The van der Waals surface area contributed by atoms with Crippen molar-refractivity contribution in [2.75, 3.05) is 26.8 Å². The van der Waals surface area contributed by atoms with Gasteiger partial charge in [-0.25, -0.2) is 4.79 Å². The Balaban J connectivity index is 2.07. The van der Waals surface area contributed by atoms with Crippen LogP contribution in [0.25, 0.3) is 0 Å². The van der Waals surface area contributed by atoms with Crippen LogP contribution >= 0.6 is 0 Å². The third-order valence-corrected chi connectivity index (χ3v) is 3.61. The van der Waals surface area contributed by atoms with Crippen molar-refractivity contribution in [2.45, 2.75) is 32.7 Å². The summed E-state index contributed by atoms with van der Waals surface area (Å²) < 4.78 is 4.94. The molecule has 0 aromatic carbocycles. The van der Waals surface area contributed by atoms with E-state index < -0.39 is 0 Å². The van der Waals surface area contributed by atoms with Crippen molar-refractivity contribution >= 4 is 6.03 Å². The minimum Gasteiger partial charge on any atom is -0.383 e. The van der Waals surface area contributed by atoms with Gasteiger partial charge in [0.05, 0.1) is 18.3 Å². The maximum Gasteiger partial charge on any atom is 0.317 e. The molecule has 1 saturated heterocycles. The summed E-state index contributed by atoms with van der Waals surface area (Å²) in [5.74, 6) is 0. The van der Waals surface area contributed by atoms with Crippen molar-refractivity contribution in [1.29, 1.82) is 0 Å². The molecule has 0 spiro atoms. The number of carbonyl (C=O) groups is 1. The van der Waals surface area contributed by atoms with Gasteiger partial charge in [-0.3, -0.25) is 5.10 Å². The maximum atomic E-state index is 12.2. The minimum atomic E-state index is -0.0143. The lowest BCUT2D eigenvalue weighted by molar-refractivity contribution is 0.176. The van der Waals surface area contributed by atoms with Crippen molar-refractivity contribution in [1.82, 2.24) is 20.4 Å². The van der Waals surface area contributed by atoms with Crippen LogP contribution in [0, 0.1) is 13.8 Å². The van der Waals surface area contributed by atoms with Crippen molar-refractivity contribution in [2.24, 2.45) is 0 Å². The molecule has 106 valence electrons. The van der Waals surface area contributed by atoms with Crippen molar-refractivity contribution < 1.29 is 9.53 Å². The van der Waals surface area contributed by atoms with Crippen LogP contribution in [-0.2, 0) is 4.74 Å². The predicted molar refractivity (Wildman–Crippen MR) is 72.0 cm³/mol. The molecule has 1 aromatic rings. The molecule has 1 aliphatic heterocycles. The van der Waals surface area contributed by atoms with Crippen LogP contribution in [0.3, 0.4) is 0 Å². The fourth-order valence-electron chi connectivity index (χ4n) is 2.72. The second-order valence-electron chi connectivity index (χ2n) is 4.92. The van der Waals surface area contributed by atoms with Gasteiger partial charge in [0.2, 0.25) is 0 Å². The molecule has 2 N–H and O–H groups in total. The second kappa shape index (κ2) is 6.06. The number of urea groups is 1. The Hall–Kier alpha value is -1.56. The van der Waals surface area contributed by atoms with Crippen LogP contribution in [0.15, 0.2) is 0 Å². The molecule has 2 rings (SSSR count). The lowest BCUT2D eigenvalue weighted by Gasteiger charge is -2.25. The van der Waals surface area contributed by atoms with Gasteiger partial charge in [-0.1, -0.05) is 0 Å². The molecule has 2 amide bonds. The quantitative estimate of drug-likeness (QED) is 0.812. The van der Waals surface area contributed by atoms with E-state index in [0.717, 1.165) is 30.8 Å². The van der Waals surface area contributed by atoms with E-state index in [4.69, 9.17) is 4.74 Å². The van der Waals surface area contributed by atoms with Crippen molar-refractivity contribution in [3.63, 3.8) is 0 Å². The third-order valence-electron chi connectivity index (χ3n) is 3.61. The van der Waals surface area contributed by atoms with E-state index in [1.54, 1.807) is 7.11 Å². The number of amides is 2. The molecule has 0 radical (unpaired) electrons. The standard InChI is InChI=1S/C13H22N4O2/c1-9-12(10(2)16-15-9)11-5-4-7-17(11)13(18)14-6-8-19-3/h11H,4-8H2,1-3H3,(H,14,18)(H,15,16)/t11-/m0/s1. The summed E-state index contributed by atoms with van der Waals surface area (Å²) in [5.41, 5.74) is 3.21. The monoisotopic (exact) mass is 266 g/mol. The highest BCUT2D eigenvalue weighted by Crippen LogP contribution is 2.34. The number of hydrogen-bond donors (Lipinski definition) is 2. The van der Waals surface area contributed by atoms with E-state index in [0.29, 0.717) is 13.2 Å². The fourth-order valence-corrected chi connectivity index (χ4v) is 2.72. The summed E-state index contributed by atoms with van der Waals surface area (Å²) in [6.45, 7) is 5.87. The fraction of sp³-hybridized carbons (Fsp3) is 0.692. The molecule has 6 nitrogen and oxygen atoms in total. The first-order valence-electron chi connectivity index (χ1n) is 6.70. The van der Waals surface area contributed by atoms with Gasteiger partial charge in [-0.15, -0.1) is 0 Å². The molecular weight excluding hydrogens is 244 g/mol. The van der Waals surface area contributed by atoms with E-state index in [1.807, 2.05) is 18.7 Å². The number of likely N-dealkylation sites (tertiary alicyclic amines) is 1. The minimum absolute atomic E-state index is 0.0143. The number of rotatable bonds is 4. The number of ether oxygens (including phenoxy) is 1. The first-order valence-corrected chi connectivity index (χ1v) is 6.70. The first kappa shape index (κ1) is 13.9. The number of aromatic amines is 1. The van der Waals surface area contributed by atoms with Gasteiger partial charge in [0.1, 0.15) is 0 Å². The zero-order valence-electron chi connectivity index (χ0n) is 11.8. The van der Waals surface area contributed by atoms with Crippen molar-refractivity contribution in [3.8, 4) is 0 Å². The molecule has 1 atom stereocenters. The topological polar surface area (TPSA) is 70.2 Å². The molecule has 0 unspecified atom stereocenters. The normalized spacial score (nSPS) is 18.9. The van der Waals surface area contributed by atoms with Gasteiger partial charge in [0.15, 0.2) is 0 Å². The second-order valence-corrected chi connectivity index (χ2v) is 4.92. The van der Waals surface area contributed by atoms with E-state index >= 15 is 0 Å². The zero-order valence-corrected chi connectivity index (χ0v) is 11.8. The molecule has 0 saturated carbocycles. The largest absolute Gasteiger partial charge is 0.383 e. The Bertz CT molecular complexity index is 424. The van der Waals surface area contributed by atoms with Crippen LogP contribution in [0.4, 0.5) is 4.79 Å². The van der Waals surface area contributed by atoms with E-state index in [9.17, 15) is 4.79 Å².